The Hall–Kier alpha value is -4.01. The van der Waals surface area contributed by atoms with E-state index in [0.29, 0.717) is 32.6 Å². The van der Waals surface area contributed by atoms with Crippen LogP contribution in [0.15, 0.2) is 83.0 Å². The van der Waals surface area contributed by atoms with Crippen molar-refractivity contribution in [2.45, 2.75) is 6.54 Å². The molecule has 0 atom stereocenters. The van der Waals surface area contributed by atoms with Gasteiger partial charge in [-0.1, -0.05) is 35.9 Å². The van der Waals surface area contributed by atoms with Gasteiger partial charge in [0.25, 0.3) is 5.56 Å². The van der Waals surface area contributed by atoms with Gasteiger partial charge >= 0.3 is 5.97 Å². The van der Waals surface area contributed by atoms with Gasteiger partial charge in [-0.15, -0.1) is 11.3 Å². The van der Waals surface area contributed by atoms with Crippen LogP contribution in [-0.2, 0) is 6.54 Å². The number of aromatic nitrogens is 3. The topological polar surface area (TPSA) is 97.1 Å². The number of nitrogens with zero attached hydrogens (tertiary/aromatic N) is 3. The van der Waals surface area contributed by atoms with Crippen molar-refractivity contribution in [2.24, 2.45) is 0 Å². The van der Waals surface area contributed by atoms with Crippen molar-refractivity contribution < 1.29 is 9.90 Å². The van der Waals surface area contributed by atoms with Crippen molar-refractivity contribution >= 4 is 45.5 Å². The summed E-state index contributed by atoms with van der Waals surface area (Å²) in [5.74, 6) is -0.500. The molecule has 5 aromatic rings. The number of benzene rings is 3. The number of thiazole rings is 1. The first kappa shape index (κ1) is 21.8. The summed E-state index contributed by atoms with van der Waals surface area (Å²) in [6.07, 6.45) is 0. The van der Waals surface area contributed by atoms with Gasteiger partial charge in [-0.2, -0.15) is 0 Å². The minimum absolute atomic E-state index is 0.198. The Morgan fingerprint density at radius 1 is 1.00 bits per heavy atom. The van der Waals surface area contributed by atoms with Crippen LogP contribution in [0.5, 0.6) is 0 Å². The van der Waals surface area contributed by atoms with Crippen molar-refractivity contribution in [3.8, 4) is 16.4 Å². The fraction of sp³-hybridized carbons (Fsp3) is 0.0400. The number of carbonyl (C=O) groups is 1. The number of carboxylic acids is 1. The monoisotopic (exact) mass is 488 g/mol. The van der Waals surface area contributed by atoms with Gasteiger partial charge in [-0.05, 0) is 48.5 Å². The Kier molecular flexibility index (Phi) is 5.83. The van der Waals surface area contributed by atoms with Crippen LogP contribution in [0.25, 0.3) is 27.3 Å². The highest BCUT2D eigenvalue weighted by molar-refractivity contribution is 7.12. The summed E-state index contributed by atoms with van der Waals surface area (Å²) in [4.78, 5) is 34.0. The molecular weight excluding hydrogens is 472 g/mol. The maximum atomic E-state index is 13.5. The lowest BCUT2D eigenvalue weighted by Crippen LogP contribution is -2.25. The number of fused-ring (bicyclic) bond motifs is 1. The van der Waals surface area contributed by atoms with Gasteiger partial charge in [0.2, 0.25) is 0 Å². The minimum Gasteiger partial charge on any atom is -0.478 e. The lowest BCUT2D eigenvalue weighted by molar-refractivity contribution is 0.0697. The molecule has 2 heterocycles. The number of nitrogens with one attached hydrogen (secondary N) is 1. The zero-order valence-corrected chi connectivity index (χ0v) is 19.2. The summed E-state index contributed by atoms with van der Waals surface area (Å²) < 4.78 is 1.52. The Morgan fingerprint density at radius 2 is 1.74 bits per heavy atom. The van der Waals surface area contributed by atoms with Gasteiger partial charge in [-0.25, -0.2) is 19.3 Å². The number of carboxylic acid groups (broad SMARTS) is 1. The second kappa shape index (κ2) is 9.09. The molecule has 9 heteroatoms. The molecule has 2 N–H and O–H groups in total. The summed E-state index contributed by atoms with van der Waals surface area (Å²) in [5.41, 5.74) is 2.92. The lowest BCUT2D eigenvalue weighted by atomic mass is 10.2. The third-order valence-electron chi connectivity index (χ3n) is 5.25. The zero-order chi connectivity index (χ0) is 23.7. The van der Waals surface area contributed by atoms with Crippen LogP contribution in [0.1, 0.15) is 16.2 Å². The molecule has 5 rings (SSSR count). The van der Waals surface area contributed by atoms with E-state index < -0.39 is 5.97 Å². The van der Waals surface area contributed by atoms with Gasteiger partial charge in [0.05, 0.1) is 28.7 Å². The predicted molar refractivity (Wildman–Crippen MR) is 134 cm³/mol. The zero-order valence-electron chi connectivity index (χ0n) is 17.6. The number of hydrogen-bond acceptors (Lipinski definition) is 6. The van der Waals surface area contributed by atoms with Crippen molar-refractivity contribution in [3.05, 3.63) is 105 Å². The summed E-state index contributed by atoms with van der Waals surface area (Å²) in [6.45, 7) is 0.238. The highest BCUT2D eigenvalue weighted by Gasteiger charge is 2.16. The molecule has 0 radical (unpaired) electrons. The molecule has 2 aromatic heterocycles. The van der Waals surface area contributed by atoms with E-state index in [1.54, 1.807) is 42.5 Å². The van der Waals surface area contributed by atoms with Gasteiger partial charge < -0.3 is 10.4 Å². The number of halogens is 1. The average molecular weight is 489 g/mol. The molecule has 0 aliphatic carbocycles. The van der Waals surface area contributed by atoms with Crippen molar-refractivity contribution in [1.29, 1.82) is 0 Å². The highest BCUT2D eigenvalue weighted by atomic mass is 35.5. The van der Waals surface area contributed by atoms with Crippen LogP contribution in [0, 0.1) is 0 Å². The molecule has 0 spiro atoms. The molecule has 0 amide bonds. The third-order valence-corrected chi connectivity index (χ3v) is 6.33. The first-order valence-corrected chi connectivity index (χ1v) is 11.5. The van der Waals surface area contributed by atoms with E-state index in [2.05, 4.69) is 5.32 Å². The average Bonchev–Trinajstić information content (AvgIpc) is 3.33. The third kappa shape index (κ3) is 4.28. The lowest BCUT2D eigenvalue weighted by Gasteiger charge is -2.13. The molecule has 0 bridgehead atoms. The summed E-state index contributed by atoms with van der Waals surface area (Å²) in [6, 6.07) is 20.9. The quantitative estimate of drug-likeness (QED) is 0.329. The van der Waals surface area contributed by atoms with Crippen LogP contribution < -0.4 is 10.9 Å². The van der Waals surface area contributed by atoms with Gasteiger partial charge in [-0.3, -0.25) is 4.79 Å². The largest absolute Gasteiger partial charge is 0.478 e. The molecule has 168 valence electrons. The smallest absolute Gasteiger partial charge is 0.335 e. The maximum Gasteiger partial charge on any atom is 0.335 e. The van der Waals surface area contributed by atoms with Crippen molar-refractivity contribution in [2.75, 3.05) is 5.32 Å². The van der Waals surface area contributed by atoms with Crippen LogP contribution in [-0.4, -0.2) is 25.6 Å². The van der Waals surface area contributed by atoms with E-state index in [-0.39, 0.29) is 17.7 Å². The maximum absolute atomic E-state index is 13.5. The minimum atomic E-state index is -0.989. The molecule has 3 aromatic carbocycles. The van der Waals surface area contributed by atoms with E-state index in [4.69, 9.17) is 26.7 Å². The normalized spacial score (nSPS) is 11.0. The fourth-order valence-corrected chi connectivity index (χ4v) is 4.50. The predicted octanol–water partition coefficient (Wildman–Crippen LogP) is 5.47. The van der Waals surface area contributed by atoms with Crippen LogP contribution in [0.3, 0.4) is 0 Å². The Morgan fingerprint density at radius 3 is 2.47 bits per heavy atom. The summed E-state index contributed by atoms with van der Waals surface area (Å²) >= 11 is 7.35. The molecule has 0 saturated heterocycles. The molecule has 0 aliphatic rings. The van der Waals surface area contributed by atoms with E-state index >= 15 is 0 Å². The second-order valence-electron chi connectivity index (χ2n) is 7.44. The van der Waals surface area contributed by atoms with E-state index in [1.807, 2.05) is 23.6 Å². The van der Waals surface area contributed by atoms with Crippen molar-refractivity contribution in [1.82, 2.24) is 14.5 Å². The molecule has 7 nitrogen and oxygen atoms in total. The van der Waals surface area contributed by atoms with Crippen molar-refractivity contribution in [3.63, 3.8) is 0 Å². The molecule has 0 unspecified atom stereocenters. The fourth-order valence-electron chi connectivity index (χ4n) is 3.53. The Balaban J connectivity index is 1.54. The number of anilines is 1. The Bertz CT molecular complexity index is 1560. The van der Waals surface area contributed by atoms with Gasteiger partial charge in [0.15, 0.2) is 5.13 Å². The van der Waals surface area contributed by atoms with E-state index in [1.165, 1.54) is 28.0 Å². The van der Waals surface area contributed by atoms with Gasteiger partial charge in [0.1, 0.15) is 5.82 Å². The second-order valence-corrected chi connectivity index (χ2v) is 8.72. The molecule has 34 heavy (non-hydrogen) atoms. The van der Waals surface area contributed by atoms with Crippen LogP contribution >= 0.6 is 22.9 Å². The Labute approximate surface area is 202 Å². The summed E-state index contributed by atoms with van der Waals surface area (Å²) in [5, 5.41) is 15.8. The molecular formula is C25H17ClN4O3S. The van der Waals surface area contributed by atoms with E-state index in [9.17, 15) is 9.59 Å². The van der Waals surface area contributed by atoms with Gasteiger partial charge in [0, 0.05) is 21.7 Å². The number of hydrogen-bond donors (Lipinski definition) is 2. The molecule has 0 fully saturated rings. The molecule has 0 aliphatic heterocycles. The van der Waals surface area contributed by atoms with E-state index in [0.717, 1.165) is 11.3 Å². The standard InChI is InChI=1S/C25H17ClN4O3S/c26-17-9-5-15(6-10-17)21-14-34-25(29-21)30-22(28-20-4-2-1-3-19(20)23(30)31)13-27-18-11-7-16(8-12-18)24(32)33/h1-12,14,27H,13H2,(H,32,33). The SMILES string of the molecule is O=C(O)c1ccc(NCc2nc3ccccc3c(=O)n2-c2nc(-c3ccc(Cl)cc3)cs2)cc1. The highest BCUT2D eigenvalue weighted by Crippen LogP contribution is 2.26. The first-order valence-electron chi connectivity index (χ1n) is 10.3. The number of aromatic carboxylic acids is 1. The first-order chi connectivity index (χ1) is 16.5. The number of rotatable bonds is 6. The van der Waals surface area contributed by atoms with Crippen LogP contribution in [0.2, 0.25) is 5.02 Å². The number of para-hydroxylation sites is 1. The van der Waals surface area contributed by atoms with Crippen LogP contribution in [0.4, 0.5) is 5.69 Å². The molecule has 0 saturated carbocycles. The summed E-state index contributed by atoms with van der Waals surface area (Å²) in [7, 11) is 0.